The lowest BCUT2D eigenvalue weighted by atomic mass is 10.1. The molecule has 0 aliphatic rings. The third kappa shape index (κ3) is 1.67. The second-order valence-corrected chi connectivity index (χ2v) is 3.20. The topological polar surface area (TPSA) is 41.6 Å². The van der Waals surface area contributed by atoms with Crippen LogP contribution >= 0.6 is 0 Å². The second kappa shape index (κ2) is 3.14. The maximum absolute atomic E-state index is 4.81. The second-order valence-electron chi connectivity index (χ2n) is 2.84. The molecule has 0 amide bonds. The standard InChI is InChI=1S/C9H9N3S/c1-6-3-2-4-7(5-6)8-10-9(13)12-11-8/h2-5H,1H3,(H2,10,11,12,13)/p-1. The van der Waals surface area contributed by atoms with Crippen molar-refractivity contribution in [2.75, 3.05) is 0 Å². The van der Waals surface area contributed by atoms with Gasteiger partial charge in [-0.15, -0.1) is 0 Å². The fourth-order valence-corrected chi connectivity index (χ4v) is 1.30. The van der Waals surface area contributed by atoms with Crippen LogP contribution in [0.2, 0.25) is 0 Å². The molecular formula is C9H8N3S-. The summed E-state index contributed by atoms with van der Waals surface area (Å²) in [5.74, 6) is 0.730. The van der Waals surface area contributed by atoms with E-state index in [-0.39, 0.29) is 0 Å². The number of rotatable bonds is 1. The number of nitrogens with zero attached hydrogens (tertiary/aromatic N) is 2. The number of aryl methyl sites for hydroxylation is 1. The van der Waals surface area contributed by atoms with Crippen molar-refractivity contribution in [3.8, 4) is 11.4 Å². The highest BCUT2D eigenvalue weighted by molar-refractivity contribution is 7.58. The molecule has 0 bridgehead atoms. The Morgan fingerprint density at radius 2 is 2.23 bits per heavy atom. The Kier molecular flexibility index (Phi) is 1.98. The summed E-state index contributed by atoms with van der Waals surface area (Å²) in [6.07, 6.45) is 0. The molecule has 0 aliphatic heterocycles. The van der Waals surface area contributed by atoms with Gasteiger partial charge in [-0.3, -0.25) is 5.10 Å². The van der Waals surface area contributed by atoms with Crippen LogP contribution in [0.5, 0.6) is 0 Å². The summed E-state index contributed by atoms with van der Waals surface area (Å²) in [6.45, 7) is 2.04. The lowest BCUT2D eigenvalue weighted by molar-refractivity contribution is 0.979. The highest BCUT2D eigenvalue weighted by Gasteiger charge is 1.99. The first-order chi connectivity index (χ1) is 6.25. The summed E-state index contributed by atoms with van der Waals surface area (Å²) in [5.41, 5.74) is 2.21. The number of hydrogen-bond acceptors (Lipinski definition) is 3. The van der Waals surface area contributed by atoms with Gasteiger partial charge < -0.3 is 12.6 Å². The number of aromatic nitrogens is 3. The van der Waals surface area contributed by atoms with E-state index in [2.05, 4.69) is 15.2 Å². The summed E-state index contributed by atoms with van der Waals surface area (Å²) >= 11 is 4.81. The molecule has 1 aromatic carbocycles. The molecule has 66 valence electrons. The van der Waals surface area contributed by atoms with E-state index in [9.17, 15) is 0 Å². The Morgan fingerprint density at radius 1 is 1.38 bits per heavy atom. The van der Waals surface area contributed by atoms with E-state index >= 15 is 0 Å². The van der Waals surface area contributed by atoms with Crippen LogP contribution in [0.3, 0.4) is 0 Å². The normalized spacial score (nSPS) is 10.2. The lowest BCUT2D eigenvalue weighted by Crippen LogP contribution is -1.81. The van der Waals surface area contributed by atoms with E-state index in [1.54, 1.807) is 0 Å². The van der Waals surface area contributed by atoms with Crippen molar-refractivity contribution in [3.63, 3.8) is 0 Å². The molecule has 0 saturated carbocycles. The van der Waals surface area contributed by atoms with Crippen LogP contribution in [0.1, 0.15) is 5.56 Å². The first-order valence-corrected chi connectivity index (χ1v) is 4.33. The Labute approximate surface area is 81.6 Å². The van der Waals surface area contributed by atoms with Crippen LogP contribution in [0.25, 0.3) is 11.4 Å². The van der Waals surface area contributed by atoms with Crippen molar-refractivity contribution in [2.45, 2.75) is 12.1 Å². The van der Waals surface area contributed by atoms with E-state index in [1.807, 2.05) is 31.2 Å². The van der Waals surface area contributed by atoms with Gasteiger partial charge in [-0.05, 0) is 13.0 Å². The minimum absolute atomic E-state index is 0.358. The summed E-state index contributed by atoms with van der Waals surface area (Å²) < 4.78 is 0. The van der Waals surface area contributed by atoms with Crippen molar-refractivity contribution in [1.29, 1.82) is 0 Å². The van der Waals surface area contributed by atoms with E-state index in [4.69, 9.17) is 12.6 Å². The molecule has 0 unspecified atom stereocenters. The fraction of sp³-hybridized carbons (Fsp3) is 0.111. The predicted octanol–water partition coefficient (Wildman–Crippen LogP) is 1.69. The number of aromatic amines is 1. The molecular weight excluding hydrogens is 182 g/mol. The third-order valence-electron chi connectivity index (χ3n) is 1.76. The van der Waals surface area contributed by atoms with Gasteiger partial charge in [0.15, 0.2) is 5.82 Å². The molecule has 0 fully saturated rings. The third-order valence-corrected chi connectivity index (χ3v) is 1.94. The fourth-order valence-electron chi connectivity index (χ4n) is 1.17. The van der Waals surface area contributed by atoms with Crippen LogP contribution < -0.4 is 0 Å². The Morgan fingerprint density at radius 3 is 2.85 bits per heavy atom. The Hall–Kier alpha value is -1.42. The van der Waals surface area contributed by atoms with E-state index in [0.717, 1.165) is 11.4 Å². The van der Waals surface area contributed by atoms with Crippen molar-refractivity contribution in [3.05, 3.63) is 29.8 Å². The highest BCUT2D eigenvalue weighted by Crippen LogP contribution is 2.15. The van der Waals surface area contributed by atoms with Crippen molar-refractivity contribution >= 4 is 12.6 Å². The van der Waals surface area contributed by atoms with Gasteiger partial charge in [-0.2, -0.15) is 5.10 Å². The first kappa shape index (κ1) is 8.19. The quantitative estimate of drug-likeness (QED) is 0.696. The zero-order valence-corrected chi connectivity index (χ0v) is 7.93. The molecule has 2 rings (SSSR count). The van der Waals surface area contributed by atoms with Gasteiger partial charge in [0, 0.05) is 10.7 Å². The van der Waals surface area contributed by atoms with Crippen LogP contribution in [0, 0.1) is 6.92 Å². The molecule has 0 aliphatic carbocycles. The van der Waals surface area contributed by atoms with Crippen LogP contribution in [-0.4, -0.2) is 15.2 Å². The van der Waals surface area contributed by atoms with E-state index < -0.39 is 0 Å². The average Bonchev–Trinajstić information content (AvgIpc) is 2.52. The number of hydrogen-bond donors (Lipinski definition) is 1. The van der Waals surface area contributed by atoms with Gasteiger partial charge >= 0.3 is 0 Å². The van der Waals surface area contributed by atoms with Crippen LogP contribution in [-0.2, 0) is 12.6 Å². The highest BCUT2D eigenvalue weighted by atomic mass is 32.1. The van der Waals surface area contributed by atoms with E-state index in [0.29, 0.717) is 5.16 Å². The summed E-state index contributed by atoms with van der Waals surface area (Å²) in [6, 6.07) is 8.03. The van der Waals surface area contributed by atoms with E-state index in [1.165, 1.54) is 5.56 Å². The maximum Gasteiger partial charge on any atom is 0.153 e. The van der Waals surface area contributed by atoms with Gasteiger partial charge in [-0.25, -0.2) is 4.98 Å². The van der Waals surface area contributed by atoms with Crippen molar-refractivity contribution in [2.24, 2.45) is 0 Å². The molecule has 4 heteroatoms. The summed E-state index contributed by atoms with van der Waals surface area (Å²) in [7, 11) is 0. The molecule has 1 N–H and O–H groups in total. The van der Waals surface area contributed by atoms with Gasteiger partial charge in [0.1, 0.15) is 0 Å². The number of H-pyrrole nitrogens is 1. The predicted molar refractivity (Wildman–Crippen MR) is 52.2 cm³/mol. The molecule has 0 atom stereocenters. The molecule has 0 spiro atoms. The van der Waals surface area contributed by atoms with Gasteiger partial charge in [-0.1, -0.05) is 23.8 Å². The Bertz CT molecular complexity index is 422. The molecule has 3 nitrogen and oxygen atoms in total. The molecule has 0 radical (unpaired) electrons. The van der Waals surface area contributed by atoms with Crippen LogP contribution in [0.15, 0.2) is 29.4 Å². The SMILES string of the molecule is Cc1cccc(-c2nc([S-])n[nH]2)c1. The van der Waals surface area contributed by atoms with Crippen molar-refractivity contribution < 1.29 is 0 Å². The molecule has 2 aromatic rings. The first-order valence-electron chi connectivity index (χ1n) is 3.92. The number of nitrogens with one attached hydrogen (secondary N) is 1. The summed E-state index contributed by atoms with van der Waals surface area (Å²) in [4.78, 5) is 4.07. The smallest absolute Gasteiger partial charge is 0.153 e. The lowest BCUT2D eigenvalue weighted by Gasteiger charge is -1.97. The molecule has 13 heavy (non-hydrogen) atoms. The largest absolute Gasteiger partial charge is 0.738 e. The van der Waals surface area contributed by atoms with Gasteiger partial charge in [0.25, 0.3) is 0 Å². The van der Waals surface area contributed by atoms with Crippen molar-refractivity contribution in [1.82, 2.24) is 15.2 Å². The van der Waals surface area contributed by atoms with Crippen LogP contribution in [0.4, 0.5) is 0 Å². The van der Waals surface area contributed by atoms with Gasteiger partial charge in [0.2, 0.25) is 0 Å². The number of benzene rings is 1. The zero-order chi connectivity index (χ0) is 9.26. The Balaban J connectivity index is 2.46. The zero-order valence-electron chi connectivity index (χ0n) is 7.11. The minimum atomic E-state index is 0.358. The maximum atomic E-state index is 4.81. The monoisotopic (exact) mass is 190 g/mol. The minimum Gasteiger partial charge on any atom is -0.738 e. The average molecular weight is 190 g/mol. The molecule has 1 heterocycles. The van der Waals surface area contributed by atoms with Gasteiger partial charge in [0.05, 0.1) is 0 Å². The summed E-state index contributed by atoms with van der Waals surface area (Å²) in [5, 5.41) is 6.94. The molecule has 1 aromatic heterocycles. The molecule has 0 saturated heterocycles.